The number of hydrogen-bond donors (Lipinski definition) is 0. The van der Waals surface area contributed by atoms with Crippen molar-refractivity contribution in [3.05, 3.63) is 11.4 Å². The van der Waals surface area contributed by atoms with E-state index >= 15 is 0 Å². The van der Waals surface area contributed by atoms with Crippen molar-refractivity contribution in [1.29, 1.82) is 0 Å². The standard InChI is InChI=1S/C5H5N5S/c1-10-7-5(6-9-10)4-2-3-11-8-4/h2-3H,1H3. The van der Waals surface area contributed by atoms with E-state index in [4.69, 9.17) is 0 Å². The molecule has 2 aromatic heterocycles. The predicted molar refractivity (Wildman–Crippen MR) is 39.9 cm³/mol. The second-order valence-electron chi connectivity index (χ2n) is 1.99. The lowest BCUT2D eigenvalue weighted by Gasteiger charge is -1.80. The fraction of sp³-hybridized carbons (Fsp3) is 0.200. The van der Waals surface area contributed by atoms with Gasteiger partial charge in [0.1, 0.15) is 5.69 Å². The van der Waals surface area contributed by atoms with Gasteiger partial charge in [-0.05, 0) is 22.8 Å². The van der Waals surface area contributed by atoms with E-state index in [9.17, 15) is 0 Å². The number of aromatic nitrogens is 5. The van der Waals surface area contributed by atoms with Gasteiger partial charge < -0.3 is 0 Å². The van der Waals surface area contributed by atoms with Crippen LogP contribution in [0.3, 0.4) is 0 Å². The highest BCUT2D eigenvalue weighted by molar-refractivity contribution is 7.03. The first kappa shape index (κ1) is 6.41. The maximum Gasteiger partial charge on any atom is 0.224 e. The third kappa shape index (κ3) is 1.12. The van der Waals surface area contributed by atoms with Gasteiger partial charge in [0.05, 0.1) is 7.05 Å². The Morgan fingerprint density at radius 1 is 1.55 bits per heavy atom. The molecule has 0 spiro atoms. The smallest absolute Gasteiger partial charge is 0.189 e. The molecule has 0 N–H and O–H groups in total. The van der Waals surface area contributed by atoms with Crippen molar-refractivity contribution in [2.24, 2.45) is 7.05 Å². The number of rotatable bonds is 1. The Hall–Kier alpha value is -1.30. The first-order chi connectivity index (χ1) is 5.36. The molecule has 0 aliphatic heterocycles. The number of tetrazole rings is 1. The molecule has 0 atom stereocenters. The summed E-state index contributed by atoms with van der Waals surface area (Å²) in [6, 6.07) is 1.86. The average molecular weight is 167 g/mol. The summed E-state index contributed by atoms with van der Waals surface area (Å²) in [6.45, 7) is 0. The minimum absolute atomic E-state index is 0.578. The number of aryl methyl sites for hydroxylation is 1. The van der Waals surface area contributed by atoms with Gasteiger partial charge in [0.15, 0.2) is 0 Å². The Kier molecular flexibility index (Phi) is 1.39. The largest absolute Gasteiger partial charge is 0.224 e. The van der Waals surface area contributed by atoms with E-state index < -0.39 is 0 Å². The Morgan fingerprint density at radius 2 is 2.45 bits per heavy atom. The van der Waals surface area contributed by atoms with Crippen molar-refractivity contribution in [2.75, 3.05) is 0 Å². The SMILES string of the molecule is Cn1nnc(-c2ccsn2)n1. The molecule has 0 bridgehead atoms. The predicted octanol–water partition coefficient (Wildman–Crippen LogP) is 0.334. The van der Waals surface area contributed by atoms with Crippen LogP contribution in [0, 0.1) is 0 Å². The summed E-state index contributed by atoms with van der Waals surface area (Å²) in [5.41, 5.74) is 0.781. The van der Waals surface area contributed by atoms with Gasteiger partial charge in [0.2, 0.25) is 5.82 Å². The van der Waals surface area contributed by atoms with Crippen LogP contribution in [0.5, 0.6) is 0 Å². The van der Waals surface area contributed by atoms with E-state index in [0.717, 1.165) is 5.69 Å². The van der Waals surface area contributed by atoms with Gasteiger partial charge in [-0.1, -0.05) is 0 Å². The van der Waals surface area contributed by atoms with Gasteiger partial charge in [0.25, 0.3) is 0 Å². The molecule has 11 heavy (non-hydrogen) atoms. The van der Waals surface area contributed by atoms with E-state index in [-0.39, 0.29) is 0 Å². The zero-order valence-corrected chi connectivity index (χ0v) is 6.62. The van der Waals surface area contributed by atoms with Crippen molar-refractivity contribution in [3.8, 4) is 11.5 Å². The molecule has 0 amide bonds. The molecule has 2 rings (SSSR count). The number of hydrogen-bond acceptors (Lipinski definition) is 5. The van der Waals surface area contributed by atoms with E-state index in [0.29, 0.717) is 5.82 Å². The third-order valence-corrected chi connectivity index (χ3v) is 1.74. The molecule has 0 aromatic carbocycles. The first-order valence-corrected chi connectivity index (χ1v) is 3.84. The Balaban J connectivity index is 2.45. The normalized spacial score (nSPS) is 10.3. The molecule has 0 radical (unpaired) electrons. The molecule has 56 valence electrons. The van der Waals surface area contributed by atoms with Gasteiger partial charge >= 0.3 is 0 Å². The molecule has 0 saturated carbocycles. The van der Waals surface area contributed by atoms with Gasteiger partial charge in [-0.2, -0.15) is 9.17 Å². The molecule has 0 fully saturated rings. The van der Waals surface area contributed by atoms with Crippen LogP contribution in [0.4, 0.5) is 0 Å². The van der Waals surface area contributed by atoms with Crippen molar-refractivity contribution in [2.45, 2.75) is 0 Å². The average Bonchev–Trinajstić information content (AvgIpc) is 2.55. The molecule has 2 heterocycles. The first-order valence-electron chi connectivity index (χ1n) is 3.01. The minimum atomic E-state index is 0.578. The second kappa shape index (κ2) is 2.39. The Morgan fingerprint density at radius 3 is 3.00 bits per heavy atom. The van der Waals surface area contributed by atoms with Crippen LogP contribution in [0.15, 0.2) is 11.4 Å². The van der Waals surface area contributed by atoms with Gasteiger partial charge in [0, 0.05) is 5.38 Å². The summed E-state index contributed by atoms with van der Waals surface area (Å²) < 4.78 is 4.06. The van der Waals surface area contributed by atoms with E-state index in [1.165, 1.54) is 16.3 Å². The Bertz CT molecular complexity index is 337. The molecule has 0 saturated heterocycles. The lowest BCUT2D eigenvalue weighted by atomic mass is 10.4. The number of nitrogens with zero attached hydrogens (tertiary/aromatic N) is 5. The topological polar surface area (TPSA) is 56.5 Å². The van der Waals surface area contributed by atoms with Crippen LogP contribution in [0.1, 0.15) is 0 Å². The van der Waals surface area contributed by atoms with Crippen LogP contribution < -0.4 is 0 Å². The maximum absolute atomic E-state index is 4.06. The van der Waals surface area contributed by atoms with Crippen LogP contribution in [0.2, 0.25) is 0 Å². The fourth-order valence-corrected chi connectivity index (χ4v) is 1.22. The monoisotopic (exact) mass is 167 g/mol. The lowest BCUT2D eigenvalue weighted by molar-refractivity contribution is 0.630. The molecule has 2 aromatic rings. The van der Waals surface area contributed by atoms with E-state index in [2.05, 4.69) is 19.8 Å². The quantitative estimate of drug-likeness (QED) is 0.614. The summed E-state index contributed by atoms with van der Waals surface area (Å²) in [7, 11) is 1.73. The molecular weight excluding hydrogens is 162 g/mol. The minimum Gasteiger partial charge on any atom is -0.189 e. The van der Waals surface area contributed by atoms with Crippen LogP contribution in [0.25, 0.3) is 11.5 Å². The molecule has 6 heteroatoms. The summed E-state index contributed by atoms with van der Waals surface area (Å²) in [6.07, 6.45) is 0. The van der Waals surface area contributed by atoms with Crippen LogP contribution in [-0.4, -0.2) is 24.6 Å². The van der Waals surface area contributed by atoms with Gasteiger partial charge in [-0.15, -0.1) is 10.2 Å². The zero-order chi connectivity index (χ0) is 7.68. The third-order valence-electron chi connectivity index (χ3n) is 1.18. The van der Waals surface area contributed by atoms with Crippen LogP contribution >= 0.6 is 11.5 Å². The summed E-state index contributed by atoms with van der Waals surface area (Å²) in [5, 5.41) is 13.4. The van der Waals surface area contributed by atoms with Crippen molar-refractivity contribution < 1.29 is 0 Å². The Labute approximate surface area is 66.8 Å². The summed E-state index contributed by atoms with van der Waals surface area (Å²) in [5.74, 6) is 0.578. The highest BCUT2D eigenvalue weighted by Gasteiger charge is 2.04. The molecule has 0 aliphatic carbocycles. The molecule has 0 unspecified atom stereocenters. The molecule has 0 aliphatic rings. The van der Waals surface area contributed by atoms with E-state index in [1.807, 2.05) is 11.4 Å². The van der Waals surface area contributed by atoms with Crippen LogP contribution in [-0.2, 0) is 7.05 Å². The highest BCUT2D eigenvalue weighted by Crippen LogP contribution is 2.11. The fourth-order valence-electron chi connectivity index (χ4n) is 0.714. The molecule has 5 nitrogen and oxygen atoms in total. The second-order valence-corrected chi connectivity index (χ2v) is 2.65. The summed E-state index contributed by atoms with van der Waals surface area (Å²) in [4.78, 5) is 1.41. The maximum atomic E-state index is 4.06. The van der Waals surface area contributed by atoms with Gasteiger partial charge in [-0.25, -0.2) is 0 Å². The highest BCUT2D eigenvalue weighted by atomic mass is 32.1. The lowest BCUT2D eigenvalue weighted by Crippen LogP contribution is -1.91. The van der Waals surface area contributed by atoms with Crippen molar-refractivity contribution in [1.82, 2.24) is 24.6 Å². The summed E-state index contributed by atoms with van der Waals surface area (Å²) >= 11 is 1.38. The van der Waals surface area contributed by atoms with Gasteiger partial charge in [-0.3, -0.25) is 0 Å². The van der Waals surface area contributed by atoms with Crippen molar-refractivity contribution >= 4 is 11.5 Å². The van der Waals surface area contributed by atoms with E-state index in [1.54, 1.807) is 7.05 Å². The molecular formula is C5H5N5S. The zero-order valence-electron chi connectivity index (χ0n) is 5.80. The van der Waals surface area contributed by atoms with Crippen molar-refractivity contribution in [3.63, 3.8) is 0 Å².